The van der Waals surface area contributed by atoms with Crippen molar-refractivity contribution in [1.82, 2.24) is 10.6 Å². The smallest absolute Gasteiger partial charge is 0.242 e. The monoisotopic (exact) mass is 249 g/mol. The molecule has 0 bridgehead atoms. The summed E-state index contributed by atoms with van der Waals surface area (Å²) in [6, 6.07) is 9.15. The fourth-order valence-corrected chi connectivity index (χ4v) is 1.57. The first-order valence-corrected chi connectivity index (χ1v) is 5.91. The van der Waals surface area contributed by atoms with Crippen LogP contribution >= 0.6 is 0 Å². The topological polar surface area (TPSA) is 70.2 Å². The summed E-state index contributed by atoms with van der Waals surface area (Å²) in [5, 5.41) is 8.43. The Balaban J connectivity index is 2.56. The zero-order valence-electron chi connectivity index (χ0n) is 10.7. The van der Waals surface area contributed by atoms with E-state index in [0.29, 0.717) is 13.0 Å². The highest BCUT2D eigenvalue weighted by Crippen LogP contribution is 2.08. The van der Waals surface area contributed by atoms with Gasteiger partial charge < -0.3 is 16.0 Å². The number of rotatable bonds is 6. The molecule has 2 amide bonds. The summed E-state index contributed by atoms with van der Waals surface area (Å²) in [5.74, 6) is -0.186. The third-order valence-corrected chi connectivity index (χ3v) is 2.48. The molecule has 0 fully saturated rings. The predicted octanol–water partition coefficient (Wildman–Crippen LogP) is 0.739. The van der Waals surface area contributed by atoms with Crippen LogP contribution in [0.5, 0.6) is 0 Å². The molecule has 0 unspecified atom stereocenters. The maximum Gasteiger partial charge on any atom is 0.242 e. The van der Waals surface area contributed by atoms with Crippen molar-refractivity contribution in [2.24, 2.45) is 0 Å². The number of hydrogen-bond acceptors (Lipinski definition) is 3. The minimum Gasteiger partial charge on any atom is -0.374 e. The molecule has 1 atom stereocenters. The van der Waals surface area contributed by atoms with E-state index in [1.54, 1.807) is 7.05 Å². The lowest BCUT2D eigenvalue weighted by Gasteiger charge is -2.18. The van der Waals surface area contributed by atoms with Gasteiger partial charge in [0.25, 0.3) is 0 Å². The van der Waals surface area contributed by atoms with Crippen molar-refractivity contribution in [3.05, 3.63) is 30.3 Å². The molecule has 0 saturated heterocycles. The summed E-state index contributed by atoms with van der Waals surface area (Å²) >= 11 is 0. The van der Waals surface area contributed by atoms with Crippen molar-refractivity contribution < 1.29 is 9.59 Å². The van der Waals surface area contributed by atoms with Crippen LogP contribution in [0.2, 0.25) is 0 Å². The number of carbonyl (C=O) groups excluding carboxylic acids is 2. The van der Waals surface area contributed by atoms with E-state index in [-0.39, 0.29) is 17.9 Å². The molecule has 1 aromatic rings. The summed E-state index contributed by atoms with van der Waals surface area (Å²) in [4.78, 5) is 22.5. The Labute approximate surface area is 107 Å². The van der Waals surface area contributed by atoms with Crippen molar-refractivity contribution in [2.75, 3.05) is 18.9 Å². The van der Waals surface area contributed by atoms with E-state index in [1.807, 2.05) is 30.3 Å². The van der Waals surface area contributed by atoms with Gasteiger partial charge in [0, 0.05) is 26.2 Å². The Bertz CT molecular complexity index is 392. The molecule has 0 radical (unpaired) electrons. The molecule has 5 nitrogen and oxygen atoms in total. The van der Waals surface area contributed by atoms with Crippen molar-refractivity contribution in [1.29, 1.82) is 0 Å². The van der Waals surface area contributed by atoms with E-state index in [4.69, 9.17) is 0 Å². The minimum atomic E-state index is -0.357. The summed E-state index contributed by atoms with van der Waals surface area (Å²) < 4.78 is 0. The molecule has 1 aromatic carbocycles. The van der Waals surface area contributed by atoms with Gasteiger partial charge in [-0.15, -0.1) is 0 Å². The molecule has 0 heterocycles. The van der Waals surface area contributed by atoms with Gasteiger partial charge in [-0.25, -0.2) is 0 Å². The third-order valence-electron chi connectivity index (χ3n) is 2.48. The lowest BCUT2D eigenvalue weighted by atomic mass is 10.1. The average molecular weight is 249 g/mol. The van der Waals surface area contributed by atoms with Gasteiger partial charge in [0.05, 0.1) is 0 Å². The third kappa shape index (κ3) is 4.86. The van der Waals surface area contributed by atoms with Crippen LogP contribution in [0.4, 0.5) is 5.69 Å². The first-order valence-electron chi connectivity index (χ1n) is 5.91. The first kappa shape index (κ1) is 14.0. The zero-order chi connectivity index (χ0) is 13.4. The van der Waals surface area contributed by atoms with Crippen molar-refractivity contribution in [3.63, 3.8) is 0 Å². The lowest BCUT2D eigenvalue weighted by Crippen LogP contribution is -2.40. The van der Waals surface area contributed by atoms with Crippen LogP contribution in [-0.4, -0.2) is 31.4 Å². The second kappa shape index (κ2) is 7.32. The van der Waals surface area contributed by atoms with E-state index in [1.165, 1.54) is 6.92 Å². The largest absolute Gasteiger partial charge is 0.374 e. The minimum absolute atomic E-state index is 0.0923. The van der Waals surface area contributed by atoms with Crippen LogP contribution in [0.3, 0.4) is 0 Å². The van der Waals surface area contributed by atoms with Gasteiger partial charge in [0.1, 0.15) is 6.04 Å². The number of para-hydroxylation sites is 1. The van der Waals surface area contributed by atoms with Gasteiger partial charge in [-0.2, -0.15) is 0 Å². The fraction of sp³-hybridized carbons (Fsp3) is 0.385. The van der Waals surface area contributed by atoms with Gasteiger partial charge in [-0.05, 0) is 18.6 Å². The van der Waals surface area contributed by atoms with E-state index >= 15 is 0 Å². The maximum absolute atomic E-state index is 11.7. The van der Waals surface area contributed by atoms with Gasteiger partial charge in [0.2, 0.25) is 11.8 Å². The summed E-state index contributed by atoms with van der Waals surface area (Å²) in [6.45, 7) is 1.92. The number of anilines is 1. The molecule has 0 aliphatic carbocycles. The highest BCUT2D eigenvalue weighted by Gasteiger charge is 2.16. The molecule has 0 aliphatic heterocycles. The van der Waals surface area contributed by atoms with Crippen LogP contribution in [0.15, 0.2) is 30.3 Å². The highest BCUT2D eigenvalue weighted by atomic mass is 16.2. The lowest BCUT2D eigenvalue weighted by molar-refractivity contribution is -0.122. The molecule has 0 saturated carbocycles. The van der Waals surface area contributed by atoms with E-state index in [9.17, 15) is 9.59 Å². The number of hydrogen-bond donors (Lipinski definition) is 3. The highest BCUT2D eigenvalue weighted by molar-refractivity contribution is 5.84. The molecule has 3 N–H and O–H groups in total. The summed E-state index contributed by atoms with van der Waals surface area (Å²) in [7, 11) is 1.60. The predicted molar refractivity (Wildman–Crippen MR) is 71.2 cm³/mol. The summed E-state index contributed by atoms with van der Waals surface area (Å²) in [5.41, 5.74) is 0.883. The SMILES string of the molecule is CNC(=O)[C@@H](CCNC(C)=O)Nc1ccccc1. The molecule has 1 rings (SSSR count). The number of amides is 2. The zero-order valence-corrected chi connectivity index (χ0v) is 10.7. The maximum atomic E-state index is 11.7. The molecule has 0 aliphatic rings. The molecule has 98 valence electrons. The Hall–Kier alpha value is -2.04. The van der Waals surface area contributed by atoms with Crippen molar-refractivity contribution in [3.8, 4) is 0 Å². The van der Waals surface area contributed by atoms with Gasteiger partial charge >= 0.3 is 0 Å². The molecular formula is C13H19N3O2. The molecule has 0 spiro atoms. The Morgan fingerprint density at radius 3 is 2.44 bits per heavy atom. The van der Waals surface area contributed by atoms with Crippen LogP contribution in [0.25, 0.3) is 0 Å². The van der Waals surface area contributed by atoms with E-state index in [0.717, 1.165) is 5.69 Å². The standard InChI is InChI=1S/C13H19N3O2/c1-10(17)15-9-8-12(13(18)14-2)16-11-6-4-3-5-7-11/h3-7,12,16H,8-9H2,1-2H3,(H,14,18)(H,15,17)/t12-/m1/s1. The van der Waals surface area contributed by atoms with E-state index in [2.05, 4.69) is 16.0 Å². The Morgan fingerprint density at radius 1 is 1.22 bits per heavy atom. The summed E-state index contributed by atoms with van der Waals surface area (Å²) in [6.07, 6.45) is 0.536. The molecule has 5 heteroatoms. The first-order chi connectivity index (χ1) is 8.63. The normalized spacial score (nSPS) is 11.4. The molecule has 0 aromatic heterocycles. The Kier molecular flexibility index (Phi) is 5.70. The number of benzene rings is 1. The van der Waals surface area contributed by atoms with Crippen LogP contribution in [0, 0.1) is 0 Å². The van der Waals surface area contributed by atoms with Crippen LogP contribution in [0.1, 0.15) is 13.3 Å². The average Bonchev–Trinajstić information content (AvgIpc) is 2.37. The number of nitrogens with one attached hydrogen (secondary N) is 3. The second-order valence-electron chi connectivity index (χ2n) is 3.95. The fourth-order valence-electron chi connectivity index (χ4n) is 1.57. The van der Waals surface area contributed by atoms with Gasteiger partial charge in [0.15, 0.2) is 0 Å². The quantitative estimate of drug-likeness (QED) is 0.696. The van der Waals surface area contributed by atoms with Crippen molar-refractivity contribution >= 4 is 17.5 Å². The Morgan fingerprint density at radius 2 is 1.89 bits per heavy atom. The molecular weight excluding hydrogens is 230 g/mol. The second-order valence-corrected chi connectivity index (χ2v) is 3.95. The van der Waals surface area contributed by atoms with Crippen LogP contribution < -0.4 is 16.0 Å². The van der Waals surface area contributed by atoms with Crippen molar-refractivity contribution in [2.45, 2.75) is 19.4 Å². The van der Waals surface area contributed by atoms with Crippen LogP contribution in [-0.2, 0) is 9.59 Å². The van der Waals surface area contributed by atoms with Gasteiger partial charge in [-0.3, -0.25) is 9.59 Å². The van der Waals surface area contributed by atoms with E-state index < -0.39 is 0 Å². The molecule has 18 heavy (non-hydrogen) atoms. The van der Waals surface area contributed by atoms with Gasteiger partial charge in [-0.1, -0.05) is 18.2 Å². The number of likely N-dealkylation sites (N-methyl/N-ethyl adjacent to an activating group) is 1. The number of carbonyl (C=O) groups is 2.